The van der Waals surface area contributed by atoms with E-state index in [4.69, 9.17) is 19.7 Å². The molecule has 0 atom stereocenters. The molecule has 0 radical (unpaired) electrons. The van der Waals surface area contributed by atoms with Gasteiger partial charge in [-0.1, -0.05) is 152 Å². The quantitative estimate of drug-likeness (QED) is 0.181. The fourth-order valence-electron chi connectivity index (χ4n) is 8.80. The molecule has 0 saturated carbocycles. The topological polar surface area (TPSA) is 71.7 Å². The summed E-state index contributed by atoms with van der Waals surface area (Å²) in [6.45, 7) is 0. The van der Waals surface area contributed by atoms with E-state index in [-0.39, 0.29) is 0 Å². The molecule has 260 valence electrons. The Morgan fingerprint density at radius 1 is 0.411 bits per heavy atom. The van der Waals surface area contributed by atoms with E-state index in [1.54, 1.807) is 0 Å². The highest BCUT2D eigenvalue weighted by molar-refractivity contribution is 6.10. The van der Waals surface area contributed by atoms with Gasteiger partial charge in [0, 0.05) is 27.8 Å². The van der Waals surface area contributed by atoms with Gasteiger partial charge in [-0.15, -0.1) is 0 Å². The average molecular weight is 715 g/mol. The maximum atomic E-state index is 10.2. The Kier molecular flexibility index (Phi) is 7.07. The number of nitrogens with zero attached hydrogens (tertiary/aromatic N) is 4. The predicted molar refractivity (Wildman–Crippen MR) is 221 cm³/mol. The van der Waals surface area contributed by atoms with E-state index in [1.807, 2.05) is 91.0 Å². The molecule has 1 aliphatic carbocycles. The van der Waals surface area contributed by atoms with Crippen LogP contribution in [0.3, 0.4) is 0 Å². The lowest BCUT2D eigenvalue weighted by Crippen LogP contribution is -2.32. The fourth-order valence-corrected chi connectivity index (χ4v) is 8.80. The van der Waals surface area contributed by atoms with Crippen molar-refractivity contribution in [2.75, 3.05) is 0 Å². The summed E-state index contributed by atoms with van der Waals surface area (Å²) in [5.41, 5.74) is 11.5. The van der Waals surface area contributed by atoms with Gasteiger partial charge in [0.05, 0.1) is 17.0 Å². The molecule has 0 fully saturated rings. The maximum Gasteiger partial charge on any atom is 0.164 e. The van der Waals surface area contributed by atoms with Crippen LogP contribution in [-0.2, 0) is 5.41 Å². The molecule has 9 aromatic rings. The van der Waals surface area contributed by atoms with Crippen molar-refractivity contribution in [2.45, 2.75) is 5.41 Å². The number of nitriles is 1. The summed E-state index contributed by atoms with van der Waals surface area (Å²) in [7, 11) is 0. The minimum absolute atomic E-state index is 0.612. The summed E-state index contributed by atoms with van der Waals surface area (Å²) < 4.78 is 6.60. The van der Waals surface area contributed by atoms with E-state index in [1.165, 1.54) is 11.1 Å². The largest absolute Gasteiger partial charge is 0.457 e. The number of rotatable bonds is 4. The first-order valence-electron chi connectivity index (χ1n) is 18.7. The van der Waals surface area contributed by atoms with Crippen LogP contribution < -0.4 is 4.74 Å². The van der Waals surface area contributed by atoms with Gasteiger partial charge in [-0.2, -0.15) is 5.26 Å². The van der Waals surface area contributed by atoms with Gasteiger partial charge < -0.3 is 4.74 Å². The van der Waals surface area contributed by atoms with Gasteiger partial charge in [0.1, 0.15) is 11.5 Å². The molecule has 2 heterocycles. The number of para-hydroxylation sites is 2. The average Bonchev–Trinajstić information content (AvgIpc) is 3.56. The van der Waals surface area contributed by atoms with Crippen molar-refractivity contribution in [3.05, 3.63) is 210 Å². The Hall–Kier alpha value is -7.68. The molecule has 1 spiro atoms. The lowest BCUT2D eigenvalue weighted by atomic mass is 9.65. The number of aromatic nitrogens is 3. The third-order valence-corrected chi connectivity index (χ3v) is 11.2. The third kappa shape index (κ3) is 4.70. The molecule has 5 heteroatoms. The van der Waals surface area contributed by atoms with E-state index in [2.05, 4.69) is 97.1 Å². The highest BCUT2D eigenvalue weighted by Crippen LogP contribution is 2.63. The zero-order chi connectivity index (χ0) is 37.2. The molecule has 0 bridgehead atoms. The van der Waals surface area contributed by atoms with Crippen LogP contribution in [0.4, 0.5) is 0 Å². The lowest BCUT2D eigenvalue weighted by molar-refractivity contribution is 0.436. The van der Waals surface area contributed by atoms with Crippen LogP contribution in [0.2, 0.25) is 0 Å². The summed E-state index contributed by atoms with van der Waals surface area (Å²) in [6, 6.07) is 64.9. The van der Waals surface area contributed by atoms with Gasteiger partial charge in [-0.25, -0.2) is 15.0 Å². The van der Waals surface area contributed by atoms with Gasteiger partial charge in [0.25, 0.3) is 0 Å². The molecular formula is C51H30N4O. The molecule has 2 aliphatic rings. The summed E-state index contributed by atoms with van der Waals surface area (Å²) in [6.07, 6.45) is 0. The Balaban J connectivity index is 1.14. The number of hydrogen-bond acceptors (Lipinski definition) is 5. The minimum Gasteiger partial charge on any atom is -0.457 e. The number of benzene rings is 8. The van der Waals surface area contributed by atoms with Crippen LogP contribution in [-0.4, -0.2) is 15.0 Å². The third-order valence-electron chi connectivity index (χ3n) is 11.2. The van der Waals surface area contributed by atoms with Crippen LogP contribution in [0.15, 0.2) is 182 Å². The van der Waals surface area contributed by atoms with E-state index < -0.39 is 5.41 Å². The van der Waals surface area contributed by atoms with Crippen molar-refractivity contribution in [3.8, 4) is 74.0 Å². The van der Waals surface area contributed by atoms with Crippen LogP contribution >= 0.6 is 0 Å². The molecule has 0 saturated heterocycles. The molecule has 0 unspecified atom stereocenters. The van der Waals surface area contributed by atoms with Crippen molar-refractivity contribution in [2.24, 2.45) is 0 Å². The van der Waals surface area contributed by atoms with Gasteiger partial charge in [-0.3, -0.25) is 0 Å². The first-order chi connectivity index (χ1) is 27.7. The molecule has 11 rings (SSSR count). The van der Waals surface area contributed by atoms with E-state index in [0.29, 0.717) is 23.0 Å². The summed E-state index contributed by atoms with van der Waals surface area (Å²) >= 11 is 0. The van der Waals surface area contributed by atoms with Crippen molar-refractivity contribution >= 4 is 10.8 Å². The van der Waals surface area contributed by atoms with Gasteiger partial charge in [-0.05, 0) is 74.5 Å². The SMILES string of the molecule is N#Cc1ccc2c(c1)C1(c3ccccc3Oc3ccccc31)c1cc(-c3ccc(-c4nc(-c5ccccc5)nc(-c5ccccc5)n4)cc3)c3ccccc3c1-2. The number of fused-ring (bicyclic) bond motifs is 11. The molecular weight excluding hydrogens is 685 g/mol. The van der Waals surface area contributed by atoms with Gasteiger partial charge in [0.15, 0.2) is 17.5 Å². The second-order valence-corrected chi connectivity index (χ2v) is 14.2. The summed E-state index contributed by atoms with van der Waals surface area (Å²) in [5, 5.41) is 12.5. The Labute approximate surface area is 323 Å². The molecule has 0 amide bonds. The first-order valence-corrected chi connectivity index (χ1v) is 18.7. The Morgan fingerprint density at radius 2 is 0.911 bits per heavy atom. The molecule has 0 N–H and O–H groups in total. The molecule has 5 nitrogen and oxygen atoms in total. The first kappa shape index (κ1) is 31.8. The monoisotopic (exact) mass is 714 g/mol. The number of ether oxygens (including phenoxy) is 1. The van der Waals surface area contributed by atoms with Crippen LogP contribution in [0.1, 0.15) is 27.8 Å². The second kappa shape index (κ2) is 12.4. The number of hydrogen-bond donors (Lipinski definition) is 0. The van der Waals surface area contributed by atoms with Crippen LogP contribution in [0.25, 0.3) is 67.2 Å². The highest BCUT2D eigenvalue weighted by Gasteiger charge is 2.52. The minimum atomic E-state index is -0.714. The molecule has 8 aromatic carbocycles. The van der Waals surface area contributed by atoms with Crippen LogP contribution in [0.5, 0.6) is 11.5 Å². The van der Waals surface area contributed by atoms with E-state index in [0.717, 1.165) is 72.3 Å². The van der Waals surface area contributed by atoms with Crippen molar-refractivity contribution in [3.63, 3.8) is 0 Å². The van der Waals surface area contributed by atoms with Gasteiger partial charge in [0.2, 0.25) is 0 Å². The van der Waals surface area contributed by atoms with Gasteiger partial charge >= 0.3 is 0 Å². The van der Waals surface area contributed by atoms with E-state index >= 15 is 0 Å². The maximum absolute atomic E-state index is 10.2. The zero-order valence-corrected chi connectivity index (χ0v) is 30.0. The molecule has 1 aromatic heterocycles. The lowest BCUT2D eigenvalue weighted by Gasteiger charge is -2.39. The van der Waals surface area contributed by atoms with Crippen LogP contribution in [0, 0.1) is 11.3 Å². The normalized spacial score (nSPS) is 12.9. The van der Waals surface area contributed by atoms with Crippen molar-refractivity contribution in [1.29, 1.82) is 5.26 Å². The zero-order valence-electron chi connectivity index (χ0n) is 30.0. The summed E-state index contributed by atoms with van der Waals surface area (Å²) in [5.74, 6) is 3.50. The predicted octanol–water partition coefficient (Wildman–Crippen LogP) is 12.0. The van der Waals surface area contributed by atoms with Crippen molar-refractivity contribution < 1.29 is 4.74 Å². The Bertz CT molecular complexity index is 2960. The second-order valence-electron chi connectivity index (χ2n) is 14.2. The van der Waals surface area contributed by atoms with Crippen molar-refractivity contribution in [1.82, 2.24) is 15.0 Å². The Morgan fingerprint density at radius 3 is 1.50 bits per heavy atom. The molecule has 56 heavy (non-hydrogen) atoms. The highest BCUT2D eigenvalue weighted by atomic mass is 16.5. The van der Waals surface area contributed by atoms with E-state index in [9.17, 15) is 5.26 Å². The standard InChI is InChI=1S/C51H30N4O/c52-31-32-23-28-39-43(29-32)51(41-19-9-11-21-45(41)56-46-22-12-10-20-42(46)51)44-30-40(37-17-7-8-18-38(37)47(39)44)33-24-26-36(27-25-33)50-54-48(34-13-3-1-4-14-34)53-49(55-50)35-15-5-2-6-16-35/h1-30H. The summed E-state index contributed by atoms with van der Waals surface area (Å²) in [4.78, 5) is 14.8. The fraction of sp³-hybridized carbons (Fsp3) is 0.0196. The molecule has 1 aliphatic heterocycles. The smallest absolute Gasteiger partial charge is 0.164 e.